The van der Waals surface area contributed by atoms with Crippen LogP contribution in [0.15, 0.2) is 77.3 Å². The lowest BCUT2D eigenvalue weighted by atomic mass is 10.0. The molecular weight excluding hydrogens is 511 g/mol. The average molecular weight is 550 g/mol. The predicted octanol–water partition coefficient (Wildman–Crippen LogP) is 10.7. The molecule has 0 heterocycles. The van der Waals surface area contributed by atoms with Crippen molar-refractivity contribution in [3.8, 4) is 0 Å². The van der Waals surface area contributed by atoms with Crippen LogP contribution in [-0.2, 0) is 19.3 Å². The zero-order chi connectivity index (χ0) is 24.8. The predicted molar refractivity (Wildman–Crippen MR) is 153 cm³/mol. The monoisotopic (exact) mass is 548 g/mol. The normalized spacial score (nSPS) is 10.5. The molecule has 3 aromatic carbocycles. The maximum Gasteiger partial charge on any atom is 0.0438 e. The number of hydrogen-bond donors (Lipinski definition) is 0. The summed E-state index contributed by atoms with van der Waals surface area (Å²) in [6, 6.07) is 24.6. The summed E-state index contributed by atoms with van der Waals surface area (Å²) in [5.41, 5.74) is 3.99. The largest absolute Gasteiger partial charge is 0.0843 e. The van der Waals surface area contributed by atoms with E-state index in [9.17, 15) is 0 Å². The van der Waals surface area contributed by atoms with Crippen molar-refractivity contribution >= 4 is 39.1 Å². The van der Waals surface area contributed by atoms with E-state index in [4.69, 9.17) is 23.2 Å². The van der Waals surface area contributed by atoms with Crippen molar-refractivity contribution in [2.24, 2.45) is 17.8 Å². The summed E-state index contributed by atoms with van der Waals surface area (Å²) < 4.78 is 1.18. The molecule has 3 aromatic rings. The van der Waals surface area contributed by atoms with Crippen LogP contribution in [-0.4, -0.2) is 0 Å². The third-order valence-electron chi connectivity index (χ3n) is 4.65. The zero-order valence-corrected chi connectivity index (χ0v) is 24.0. The summed E-state index contributed by atoms with van der Waals surface area (Å²) in [5, 5.41) is 1.73. The standard InChI is InChI=1S/C10H13Br.2C10H13Cl/c2*1-8(2)6-9-4-3-5-10(11)7-9;1-8(2)7-9-5-3-4-6-10(9)11/h2*3-5,7-8H,6H2,1-2H3;3-6,8H,7H2,1-2H3. The van der Waals surface area contributed by atoms with Gasteiger partial charge in [0, 0.05) is 14.5 Å². The molecule has 0 N–H and O–H groups in total. The fraction of sp³-hybridized carbons (Fsp3) is 0.400. The van der Waals surface area contributed by atoms with Gasteiger partial charge >= 0.3 is 0 Å². The molecule has 0 aliphatic rings. The van der Waals surface area contributed by atoms with Crippen molar-refractivity contribution in [1.82, 2.24) is 0 Å². The molecule has 33 heavy (non-hydrogen) atoms. The van der Waals surface area contributed by atoms with E-state index in [0.717, 1.165) is 28.8 Å². The highest BCUT2D eigenvalue weighted by atomic mass is 79.9. The fourth-order valence-corrected chi connectivity index (χ4v) is 4.25. The Hall–Kier alpha value is -1.28. The van der Waals surface area contributed by atoms with E-state index < -0.39 is 0 Å². The molecule has 0 unspecified atom stereocenters. The molecule has 0 spiro atoms. The molecule has 3 rings (SSSR count). The third-order valence-corrected chi connectivity index (χ3v) is 5.75. The van der Waals surface area contributed by atoms with E-state index in [1.54, 1.807) is 0 Å². The summed E-state index contributed by atoms with van der Waals surface area (Å²) >= 11 is 15.2. The maximum absolute atomic E-state index is 5.97. The first-order valence-electron chi connectivity index (χ1n) is 11.8. The van der Waals surface area contributed by atoms with E-state index in [-0.39, 0.29) is 0 Å². The van der Waals surface area contributed by atoms with Crippen LogP contribution in [0.3, 0.4) is 0 Å². The molecule has 0 radical (unpaired) electrons. The van der Waals surface area contributed by atoms with E-state index >= 15 is 0 Å². The van der Waals surface area contributed by atoms with Crippen molar-refractivity contribution in [3.05, 3.63) is 104 Å². The highest BCUT2D eigenvalue weighted by molar-refractivity contribution is 9.10. The molecule has 0 aromatic heterocycles. The minimum atomic E-state index is 0.676. The second kappa shape index (κ2) is 16.4. The first kappa shape index (κ1) is 29.8. The lowest BCUT2D eigenvalue weighted by Crippen LogP contribution is -1.93. The number of halogens is 3. The Morgan fingerprint density at radius 2 is 1.12 bits per heavy atom. The summed E-state index contributed by atoms with van der Waals surface area (Å²) in [7, 11) is 0. The van der Waals surface area contributed by atoms with Gasteiger partial charge in [-0.3, -0.25) is 0 Å². The van der Waals surface area contributed by atoms with Gasteiger partial charge in [-0.05, 0) is 84.0 Å². The van der Waals surface area contributed by atoms with Gasteiger partial charge in [0.1, 0.15) is 0 Å². The van der Waals surface area contributed by atoms with Gasteiger partial charge in [0.2, 0.25) is 0 Å². The summed E-state index contributed by atoms with van der Waals surface area (Å²) in [6.45, 7) is 13.3. The molecule has 0 amide bonds. The highest BCUT2D eigenvalue weighted by Crippen LogP contribution is 2.18. The van der Waals surface area contributed by atoms with Gasteiger partial charge in [-0.15, -0.1) is 0 Å². The van der Waals surface area contributed by atoms with Crippen LogP contribution in [0.5, 0.6) is 0 Å². The highest BCUT2D eigenvalue weighted by Gasteiger charge is 2.00. The molecule has 0 atom stereocenters. The number of benzene rings is 3. The van der Waals surface area contributed by atoms with E-state index in [2.05, 4.69) is 93.9 Å². The molecular formula is C30H39BrCl2. The molecule has 180 valence electrons. The molecule has 0 nitrogen and oxygen atoms in total. The van der Waals surface area contributed by atoms with E-state index in [0.29, 0.717) is 11.8 Å². The first-order chi connectivity index (χ1) is 15.6. The van der Waals surface area contributed by atoms with E-state index in [1.807, 2.05) is 36.4 Å². The van der Waals surface area contributed by atoms with Crippen molar-refractivity contribution < 1.29 is 0 Å². The van der Waals surface area contributed by atoms with Gasteiger partial charge in [0.05, 0.1) is 0 Å². The Morgan fingerprint density at radius 3 is 1.61 bits per heavy atom. The minimum Gasteiger partial charge on any atom is -0.0843 e. The Labute approximate surface area is 220 Å². The third kappa shape index (κ3) is 14.6. The Kier molecular flexibility index (Phi) is 14.8. The first-order valence-corrected chi connectivity index (χ1v) is 13.3. The Balaban J connectivity index is 0.000000247. The van der Waals surface area contributed by atoms with Crippen molar-refractivity contribution in [1.29, 1.82) is 0 Å². The summed E-state index contributed by atoms with van der Waals surface area (Å²) in [6.07, 6.45) is 3.35. The van der Waals surface area contributed by atoms with Crippen LogP contribution >= 0.6 is 39.1 Å². The maximum atomic E-state index is 5.97. The topological polar surface area (TPSA) is 0 Å². The van der Waals surface area contributed by atoms with Crippen LogP contribution in [0.2, 0.25) is 10.0 Å². The van der Waals surface area contributed by atoms with Crippen LogP contribution < -0.4 is 0 Å². The molecule has 0 bridgehead atoms. The summed E-state index contributed by atoms with van der Waals surface area (Å²) in [4.78, 5) is 0. The van der Waals surface area contributed by atoms with Crippen LogP contribution in [0.1, 0.15) is 58.2 Å². The van der Waals surface area contributed by atoms with E-state index in [1.165, 1.54) is 27.6 Å². The van der Waals surface area contributed by atoms with Crippen LogP contribution in [0, 0.1) is 17.8 Å². The molecule has 0 saturated carbocycles. The zero-order valence-electron chi connectivity index (χ0n) is 20.9. The van der Waals surface area contributed by atoms with Gasteiger partial charge in [-0.2, -0.15) is 0 Å². The number of hydrogen-bond acceptors (Lipinski definition) is 0. The Bertz CT molecular complexity index is 880. The van der Waals surface area contributed by atoms with Gasteiger partial charge in [-0.1, -0.05) is 123 Å². The van der Waals surface area contributed by atoms with Crippen LogP contribution in [0.4, 0.5) is 0 Å². The number of rotatable bonds is 6. The fourth-order valence-electron chi connectivity index (χ4n) is 3.37. The lowest BCUT2D eigenvalue weighted by Gasteiger charge is -2.05. The second-order valence-electron chi connectivity index (χ2n) is 9.65. The van der Waals surface area contributed by atoms with Crippen LogP contribution in [0.25, 0.3) is 0 Å². The summed E-state index contributed by atoms with van der Waals surface area (Å²) in [5.74, 6) is 2.12. The lowest BCUT2D eigenvalue weighted by molar-refractivity contribution is 0.647. The Morgan fingerprint density at radius 1 is 0.606 bits per heavy atom. The van der Waals surface area contributed by atoms with Gasteiger partial charge in [0.15, 0.2) is 0 Å². The van der Waals surface area contributed by atoms with Gasteiger partial charge in [0.25, 0.3) is 0 Å². The molecule has 0 saturated heterocycles. The molecule has 3 heteroatoms. The molecule has 0 aliphatic carbocycles. The average Bonchev–Trinajstić information content (AvgIpc) is 2.69. The smallest absolute Gasteiger partial charge is 0.0438 e. The van der Waals surface area contributed by atoms with Crippen molar-refractivity contribution in [2.45, 2.75) is 60.8 Å². The molecule has 0 fully saturated rings. The van der Waals surface area contributed by atoms with Crippen molar-refractivity contribution in [3.63, 3.8) is 0 Å². The minimum absolute atomic E-state index is 0.676. The second-order valence-corrected chi connectivity index (χ2v) is 11.4. The quantitative estimate of drug-likeness (QED) is 0.286. The SMILES string of the molecule is CC(C)Cc1cccc(Br)c1.CC(C)Cc1cccc(Cl)c1.CC(C)Cc1ccccc1Cl. The van der Waals surface area contributed by atoms with Gasteiger partial charge in [-0.25, -0.2) is 0 Å². The molecule has 0 aliphatic heterocycles. The van der Waals surface area contributed by atoms with Gasteiger partial charge < -0.3 is 0 Å². The van der Waals surface area contributed by atoms with Crippen molar-refractivity contribution in [2.75, 3.05) is 0 Å².